The molecule has 2 saturated heterocycles. The molecular weight excluding hydrogens is 415 g/mol. The summed E-state index contributed by atoms with van der Waals surface area (Å²) in [4.78, 5) is 38.6. The molecule has 0 spiro atoms. The number of rotatable bonds is 5. The summed E-state index contributed by atoms with van der Waals surface area (Å²) in [7, 11) is -3.11. The molecule has 30 heavy (non-hydrogen) atoms. The summed E-state index contributed by atoms with van der Waals surface area (Å²) in [6.07, 6.45) is 0.136. The molecule has 8 nitrogen and oxygen atoms in total. The van der Waals surface area contributed by atoms with Crippen molar-refractivity contribution in [1.29, 1.82) is 0 Å². The van der Waals surface area contributed by atoms with Crippen LogP contribution in [0, 0.1) is 11.7 Å². The molecule has 2 fully saturated rings. The fourth-order valence-corrected chi connectivity index (χ4v) is 5.32. The van der Waals surface area contributed by atoms with Crippen LogP contribution < -0.4 is 5.32 Å². The van der Waals surface area contributed by atoms with Crippen LogP contribution in [-0.2, 0) is 24.2 Å². The second-order valence-corrected chi connectivity index (χ2v) is 9.99. The molecule has 10 heteroatoms. The maximum atomic E-state index is 13.0. The zero-order valence-electron chi connectivity index (χ0n) is 16.7. The highest BCUT2D eigenvalue weighted by molar-refractivity contribution is 7.91. The molecule has 0 bridgehead atoms. The number of carbonyl (C=O) groups is 3. The Morgan fingerprint density at radius 1 is 1.13 bits per heavy atom. The Morgan fingerprint density at radius 2 is 1.77 bits per heavy atom. The van der Waals surface area contributed by atoms with Crippen LogP contribution in [0.5, 0.6) is 0 Å². The molecule has 0 saturated carbocycles. The molecular formula is C20H25FN2O6S. The van der Waals surface area contributed by atoms with Crippen LogP contribution in [0.4, 0.5) is 4.39 Å². The maximum absolute atomic E-state index is 13.0. The molecule has 3 rings (SSSR count). The van der Waals surface area contributed by atoms with Crippen LogP contribution in [0.15, 0.2) is 24.3 Å². The first-order valence-corrected chi connectivity index (χ1v) is 11.7. The van der Waals surface area contributed by atoms with Crippen molar-refractivity contribution in [2.75, 3.05) is 24.6 Å². The van der Waals surface area contributed by atoms with Crippen molar-refractivity contribution in [3.05, 3.63) is 35.6 Å². The van der Waals surface area contributed by atoms with Crippen molar-refractivity contribution in [1.82, 2.24) is 10.2 Å². The minimum atomic E-state index is -3.11. The Kier molecular flexibility index (Phi) is 6.74. The molecule has 2 heterocycles. The number of sulfone groups is 1. The number of halogens is 1. The summed E-state index contributed by atoms with van der Waals surface area (Å²) >= 11 is 0. The van der Waals surface area contributed by atoms with E-state index in [9.17, 15) is 27.2 Å². The molecule has 1 N–H and O–H groups in total. The monoisotopic (exact) mass is 440 g/mol. The van der Waals surface area contributed by atoms with Crippen molar-refractivity contribution >= 4 is 27.6 Å². The van der Waals surface area contributed by atoms with E-state index < -0.39 is 45.6 Å². The quantitative estimate of drug-likeness (QED) is 0.682. The van der Waals surface area contributed by atoms with Gasteiger partial charge >= 0.3 is 5.97 Å². The third-order valence-electron chi connectivity index (χ3n) is 5.45. The highest BCUT2D eigenvalue weighted by atomic mass is 32.2. The Hall–Kier alpha value is -2.49. The molecule has 2 aliphatic rings. The molecule has 2 atom stereocenters. The van der Waals surface area contributed by atoms with Gasteiger partial charge in [-0.3, -0.25) is 14.4 Å². The SMILES string of the molecule is CC(OC(=O)C1CCN(C(=O)c2ccc(F)cc2)CC1)C(=O)NC1CCS(=O)(=O)C1. The molecule has 0 aliphatic carbocycles. The number of piperidine rings is 1. The van der Waals surface area contributed by atoms with Gasteiger partial charge in [0.05, 0.1) is 17.4 Å². The van der Waals surface area contributed by atoms with Crippen molar-refractivity contribution in [3.8, 4) is 0 Å². The third kappa shape index (κ3) is 5.56. The normalized spacial score (nSPS) is 22.3. The number of nitrogens with zero attached hydrogens (tertiary/aromatic N) is 1. The summed E-state index contributed by atoms with van der Waals surface area (Å²) in [5.74, 6) is -2.15. The van der Waals surface area contributed by atoms with E-state index in [2.05, 4.69) is 5.32 Å². The van der Waals surface area contributed by atoms with E-state index in [1.165, 1.54) is 31.2 Å². The van der Waals surface area contributed by atoms with Crippen LogP contribution >= 0.6 is 0 Å². The number of hydrogen-bond donors (Lipinski definition) is 1. The zero-order valence-corrected chi connectivity index (χ0v) is 17.5. The first-order chi connectivity index (χ1) is 14.1. The van der Waals surface area contributed by atoms with E-state index >= 15 is 0 Å². The average molecular weight is 440 g/mol. The Bertz CT molecular complexity index is 910. The largest absolute Gasteiger partial charge is 0.452 e. The lowest BCUT2D eigenvalue weighted by Crippen LogP contribution is -2.44. The second kappa shape index (κ2) is 9.11. The van der Waals surface area contributed by atoms with Crippen LogP contribution in [0.1, 0.15) is 36.5 Å². The first kappa shape index (κ1) is 22.2. The number of benzene rings is 1. The summed E-state index contributed by atoms with van der Waals surface area (Å²) in [6.45, 7) is 2.16. The van der Waals surface area contributed by atoms with Gasteiger partial charge in [0.25, 0.3) is 11.8 Å². The van der Waals surface area contributed by atoms with Gasteiger partial charge < -0.3 is 15.0 Å². The molecule has 1 aromatic carbocycles. The Labute approximate surface area is 174 Å². The fraction of sp³-hybridized carbons (Fsp3) is 0.550. The summed E-state index contributed by atoms with van der Waals surface area (Å²) in [6, 6.07) is 4.85. The minimum absolute atomic E-state index is 0.0430. The van der Waals surface area contributed by atoms with E-state index in [0.717, 1.165) is 0 Å². The van der Waals surface area contributed by atoms with E-state index in [4.69, 9.17) is 4.74 Å². The number of ether oxygens (including phenoxy) is 1. The van der Waals surface area contributed by atoms with E-state index in [0.29, 0.717) is 37.9 Å². The number of carbonyl (C=O) groups excluding carboxylic acids is 3. The van der Waals surface area contributed by atoms with Crippen LogP contribution in [0.25, 0.3) is 0 Å². The molecule has 1 aromatic rings. The van der Waals surface area contributed by atoms with Crippen LogP contribution in [-0.4, -0.2) is 67.8 Å². The minimum Gasteiger partial charge on any atom is -0.452 e. The van der Waals surface area contributed by atoms with Crippen molar-refractivity contribution in [2.24, 2.45) is 5.92 Å². The topological polar surface area (TPSA) is 110 Å². The number of esters is 1. The Morgan fingerprint density at radius 3 is 2.33 bits per heavy atom. The highest BCUT2D eigenvalue weighted by Gasteiger charge is 2.33. The van der Waals surface area contributed by atoms with E-state index in [1.54, 1.807) is 4.90 Å². The zero-order chi connectivity index (χ0) is 21.9. The van der Waals surface area contributed by atoms with Gasteiger partial charge in [-0.15, -0.1) is 0 Å². The van der Waals surface area contributed by atoms with Crippen molar-refractivity contribution in [2.45, 2.75) is 38.3 Å². The van der Waals surface area contributed by atoms with Crippen molar-refractivity contribution < 1.29 is 31.9 Å². The number of likely N-dealkylation sites (tertiary alicyclic amines) is 1. The predicted octanol–water partition coefficient (Wildman–Crippen LogP) is 0.913. The Balaban J connectivity index is 1.45. The molecule has 2 amide bonds. The number of nitrogens with one attached hydrogen (secondary N) is 1. The van der Waals surface area contributed by atoms with Gasteiger partial charge in [-0.05, 0) is 50.5 Å². The van der Waals surface area contributed by atoms with Crippen molar-refractivity contribution in [3.63, 3.8) is 0 Å². The predicted molar refractivity (Wildman–Crippen MR) is 106 cm³/mol. The van der Waals surface area contributed by atoms with Gasteiger partial charge in [-0.25, -0.2) is 12.8 Å². The first-order valence-electron chi connectivity index (χ1n) is 9.91. The fourth-order valence-electron chi connectivity index (χ4n) is 3.64. The van der Waals surface area contributed by atoms with Gasteiger partial charge in [-0.2, -0.15) is 0 Å². The summed E-state index contributed by atoms with van der Waals surface area (Å²) < 4.78 is 41.2. The molecule has 0 aromatic heterocycles. The number of hydrogen-bond acceptors (Lipinski definition) is 6. The van der Waals surface area contributed by atoms with Gasteiger partial charge in [0.15, 0.2) is 15.9 Å². The molecule has 0 radical (unpaired) electrons. The highest BCUT2D eigenvalue weighted by Crippen LogP contribution is 2.21. The standard InChI is InChI=1S/C20H25FN2O6S/c1-13(18(24)22-17-8-11-30(27,28)12-17)29-20(26)15-6-9-23(10-7-15)19(25)14-2-4-16(21)5-3-14/h2-5,13,15,17H,6-12H2,1H3,(H,22,24). The van der Waals surface area contributed by atoms with Gasteiger partial charge in [0.1, 0.15) is 5.82 Å². The van der Waals surface area contributed by atoms with Crippen LogP contribution in [0.2, 0.25) is 0 Å². The van der Waals surface area contributed by atoms with Crippen LogP contribution in [0.3, 0.4) is 0 Å². The summed E-state index contributed by atoms with van der Waals surface area (Å²) in [5.41, 5.74) is 0.386. The maximum Gasteiger partial charge on any atom is 0.309 e. The van der Waals surface area contributed by atoms with Gasteiger partial charge in [0.2, 0.25) is 0 Å². The lowest BCUT2D eigenvalue weighted by molar-refractivity contribution is -0.160. The molecule has 164 valence electrons. The third-order valence-corrected chi connectivity index (χ3v) is 7.22. The second-order valence-electron chi connectivity index (χ2n) is 7.76. The van der Waals surface area contributed by atoms with Gasteiger partial charge in [-0.1, -0.05) is 0 Å². The molecule has 2 unspecified atom stereocenters. The lowest BCUT2D eigenvalue weighted by Gasteiger charge is -2.31. The van der Waals surface area contributed by atoms with E-state index in [1.807, 2.05) is 0 Å². The summed E-state index contributed by atoms with van der Waals surface area (Å²) in [5, 5.41) is 2.61. The lowest BCUT2D eigenvalue weighted by atomic mass is 9.96. The average Bonchev–Trinajstić information content (AvgIpc) is 3.06. The smallest absolute Gasteiger partial charge is 0.309 e. The van der Waals surface area contributed by atoms with E-state index in [-0.39, 0.29) is 17.4 Å². The molecule has 2 aliphatic heterocycles. The van der Waals surface area contributed by atoms with Gasteiger partial charge in [0, 0.05) is 24.7 Å². The number of amides is 2.